The first-order valence-corrected chi connectivity index (χ1v) is 12.8. The third-order valence-electron chi connectivity index (χ3n) is 5.98. The summed E-state index contributed by atoms with van der Waals surface area (Å²) in [5.74, 6) is -2.69. The molecule has 0 radical (unpaired) electrons. The van der Waals surface area contributed by atoms with Crippen molar-refractivity contribution in [1.82, 2.24) is 20.1 Å². The minimum atomic E-state index is -4.81. The van der Waals surface area contributed by atoms with Crippen molar-refractivity contribution in [1.29, 1.82) is 0 Å². The lowest BCUT2D eigenvalue weighted by Gasteiger charge is -2.31. The fraction of sp³-hybridized carbons (Fsp3) is 0.276. The second-order valence-corrected chi connectivity index (χ2v) is 8.85. The summed E-state index contributed by atoms with van der Waals surface area (Å²) in [7, 11) is 0. The third kappa shape index (κ3) is 7.74. The van der Waals surface area contributed by atoms with E-state index in [9.17, 15) is 18.0 Å². The Morgan fingerprint density at radius 2 is 1.46 bits per heavy atom. The molecule has 4 rings (SSSR count). The van der Waals surface area contributed by atoms with Gasteiger partial charge >= 0.3 is 18.1 Å². The van der Waals surface area contributed by atoms with Crippen LogP contribution in [0.25, 0.3) is 22.6 Å². The van der Waals surface area contributed by atoms with E-state index in [0.29, 0.717) is 18.8 Å². The van der Waals surface area contributed by atoms with Crippen molar-refractivity contribution in [3.8, 4) is 22.6 Å². The molecular formula is C29H29F4N5O3. The van der Waals surface area contributed by atoms with Crippen LogP contribution in [0.15, 0.2) is 71.4 Å². The number of rotatable bonds is 9. The van der Waals surface area contributed by atoms with Crippen LogP contribution in [-0.4, -0.2) is 46.0 Å². The van der Waals surface area contributed by atoms with Gasteiger partial charge in [-0.3, -0.25) is 9.88 Å². The van der Waals surface area contributed by atoms with Crippen LogP contribution < -0.4 is 4.90 Å². The second-order valence-electron chi connectivity index (χ2n) is 8.85. The maximum Gasteiger partial charge on any atom is 0.470 e. The number of halogens is 4. The number of nitrogens with zero attached hydrogens (tertiary/aromatic N) is 5. The molecule has 0 saturated carbocycles. The number of anilines is 1. The Balaban J connectivity index is 0.00000226. The van der Waals surface area contributed by atoms with Gasteiger partial charge in [0.25, 0.3) is 0 Å². The quantitative estimate of drug-likeness (QED) is 0.201. The van der Waals surface area contributed by atoms with E-state index < -0.39 is 23.8 Å². The number of hydrogen-bond donors (Lipinski definition) is 0. The average molecular weight is 572 g/mol. The molecule has 2 aromatic carbocycles. The third-order valence-corrected chi connectivity index (χ3v) is 5.98. The number of carbonyl (C=O) groups excluding carboxylic acids is 2. The molecule has 0 bridgehead atoms. The first kappa shape index (κ1) is 30.9. The molecule has 12 heteroatoms. The number of benzene rings is 2. The molecule has 2 aromatic heterocycles. The molecule has 4 aromatic rings. The Bertz CT molecular complexity index is 1410. The SMILES string of the molecule is C=O.CCCN(CCC)C(=O)N(Cc1ccc(-c2nnc(C(F)(F)F)o2)cc1F)c1ccc(-c2ccncc2)cc1. The molecule has 2 amide bonds. The van der Waals surface area contributed by atoms with Crippen LogP contribution in [0.4, 0.5) is 28.0 Å². The Morgan fingerprint density at radius 1 is 0.878 bits per heavy atom. The molecule has 0 aliphatic heterocycles. The van der Waals surface area contributed by atoms with Crippen LogP contribution in [0.2, 0.25) is 0 Å². The van der Waals surface area contributed by atoms with E-state index in [2.05, 4.69) is 19.6 Å². The van der Waals surface area contributed by atoms with Crippen LogP contribution in [0, 0.1) is 5.82 Å². The van der Waals surface area contributed by atoms with Crippen LogP contribution in [0.5, 0.6) is 0 Å². The van der Waals surface area contributed by atoms with E-state index in [0.717, 1.165) is 30.0 Å². The Kier molecular flexibility index (Phi) is 10.7. The van der Waals surface area contributed by atoms with Crippen molar-refractivity contribution < 1.29 is 31.6 Å². The van der Waals surface area contributed by atoms with Crippen LogP contribution in [0.1, 0.15) is 38.1 Å². The van der Waals surface area contributed by atoms with Crippen LogP contribution >= 0.6 is 0 Å². The van der Waals surface area contributed by atoms with Crippen molar-refractivity contribution in [3.63, 3.8) is 0 Å². The van der Waals surface area contributed by atoms with Gasteiger partial charge in [-0.1, -0.05) is 32.0 Å². The van der Waals surface area contributed by atoms with Gasteiger partial charge in [0.2, 0.25) is 5.89 Å². The predicted molar refractivity (Wildman–Crippen MR) is 145 cm³/mol. The summed E-state index contributed by atoms with van der Waals surface area (Å²) < 4.78 is 58.4. The van der Waals surface area contributed by atoms with Crippen molar-refractivity contribution in [2.24, 2.45) is 0 Å². The largest absolute Gasteiger partial charge is 0.470 e. The summed E-state index contributed by atoms with van der Waals surface area (Å²) in [6.07, 6.45) is 0.0933. The average Bonchev–Trinajstić information content (AvgIpc) is 3.49. The molecule has 0 spiro atoms. The number of alkyl halides is 3. The summed E-state index contributed by atoms with van der Waals surface area (Å²) >= 11 is 0. The van der Waals surface area contributed by atoms with Crippen LogP contribution in [-0.2, 0) is 17.5 Å². The van der Waals surface area contributed by atoms with Crippen molar-refractivity contribution in [2.75, 3.05) is 18.0 Å². The van der Waals surface area contributed by atoms with Gasteiger partial charge < -0.3 is 14.1 Å². The molecule has 0 atom stereocenters. The van der Waals surface area contributed by atoms with Crippen LogP contribution in [0.3, 0.4) is 0 Å². The monoisotopic (exact) mass is 571 g/mol. The van der Waals surface area contributed by atoms with Gasteiger partial charge in [-0.05, 0) is 60.4 Å². The van der Waals surface area contributed by atoms with Gasteiger partial charge in [0.1, 0.15) is 12.6 Å². The zero-order chi connectivity index (χ0) is 30.0. The first-order valence-electron chi connectivity index (χ1n) is 12.8. The summed E-state index contributed by atoms with van der Waals surface area (Å²) in [6.45, 7) is 6.94. The Morgan fingerprint density at radius 3 is 2.00 bits per heavy atom. The summed E-state index contributed by atoms with van der Waals surface area (Å²) in [5.41, 5.74) is 2.64. The van der Waals surface area contributed by atoms with E-state index in [1.807, 2.05) is 44.9 Å². The number of hydrogen-bond acceptors (Lipinski definition) is 6. The van der Waals surface area contributed by atoms with E-state index >= 15 is 4.39 Å². The molecule has 0 unspecified atom stereocenters. The highest BCUT2D eigenvalue weighted by Crippen LogP contribution is 2.31. The van der Waals surface area contributed by atoms with Gasteiger partial charge in [0, 0.05) is 42.3 Å². The van der Waals surface area contributed by atoms with E-state index in [-0.39, 0.29) is 23.7 Å². The van der Waals surface area contributed by atoms with Crippen molar-refractivity contribution >= 4 is 18.5 Å². The minimum Gasteiger partial charge on any atom is -0.413 e. The van der Waals surface area contributed by atoms with E-state index in [4.69, 9.17) is 4.79 Å². The van der Waals surface area contributed by atoms with Crippen molar-refractivity contribution in [3.05, 3.63) is 84.3 Å². The highest BCUT2D eigenvalue weighted by Gasteiger charge is 2.38. The molecular weight excluding hydrogens is 542 g/mol. The van der Waals surface area contributed by atoms with Gasteiger partial charge in [0.05, 0.1) is 6.54 Å². The molecule has 216 valence electrons. The zero-order valence-corrected chi connectivity index (χ0v) is 22.6. The molecule has 8 nitrogen and oxygen atoms in total. The molecule has 0 aliphatic carbocycles. The number of urea groups is 1. The summed E-state index contributed by atoms with van der Waals surface area (Å²) in [4.78, 5) is 28.9. The molecule has 0 N–H and O–H groups in total. The van der Waals surface area contributed by atoms with Crippen molar-refractivity contribution in [2.45, 2.75) is 39.4 Å². The zero-order valence-electron chi connectivity index (χ0n) is 22.6. The minimum absolute atomic E-state index is 0.00239. The number of pyridine rings is 1. The fourth-order valence-corrected chi connectivity index (χ4v) is 4.09. The standard InChI is InChI=1S/C28H27F4N5O2.CH2O/c1-3-15-36(16-4-2)27(38)37(23-9-7-19(8-10-23)20-11-13-33-14-12-20)18-22-6-5-21(17-24(22)29)25-34-35-26(39-25)28(30,31)32;1-2/h5-14,17H,3-4,15-16,18H2,1-2H3;1H2. The fourth-order valence-electron chi connectivity index (χ4n) is 4.09. The lowest BCUT2D eigenvalue weighted by Crippen LogP contribution is -2.44. The molecule has 41 heavy (non-hydrogen) atoms. The predicted octanol–water partition coefficient (Wildman–Crippen LogP) is 7.02. The number of amides is 2. The lowest BCUT2D eigenvalue weighted by molar-refractivity contribution is -0.156. The normalized spacial score (nSPS) is 11.0. The molecule has 0 saturated heterocycles. The molecule has 2 heterocycles. The van der Waals surface area contributed by atoms with E-state index in [1.165, 1.54) is 17.0 Å². The topological polar surface area (TPSA) is 92.4 Å². The maximum absolute atomic E-state index is 15.2. The molecule has 0 fully saturated rings. The summed E-state index contributed by atoms with van der Waals surface area (Å²) in [6, 6.07) is 14.6. The van der Waals surface area contributed by atoms with Gasteiger partial charge in [-0.15, -0.1) is 10.2 Å². The van der Waals surface area contributed by atoms with E-state index in [1.54, 1.807) is 29.4 Å². The highest BCUT2D eigenvalue weighted by molar-refractivity contribution is 5.92. The Hall–Kier alpha value is -4.61. The smallest absolute Gasteiger partial charge is 0.413 e. The second kappa shape index (κ2) is 14.1. The highest BCUT2D eigenvalue weighted by atomic mass is 19.4. The first-order chi connectivity index (χ1) is 19.7. The molecule has 0 aliphatic rings. The Labute approximate surface area is 234 Å². The maximum atomic E-state index is 15.2. The van der Waals surface area contributed by atoms with Gasteiger partial charge in [-0.25, -0.2) is 9.18 Å². The van der Waals surface area contributed by atoms with Gasteiger partial charge in [0.15, 0.2) is 0 Å². The number of carbonyl (C=O) groups is 2. The summed E-state index contributed by atoms with van der Waals surface area (Å²) in [5, 5.41) is 6.36. The van der Waals surface area contributed by atoms with Gasteiger partial charge in [-0.2, -0.15) is 13.2 Å². The number of aromatic nitrogens is 3. The lowest BCUT2D eigenvalue weighted by atomic mass is 10.1.